The van der Waals surface area contributed by atoms with Crippen LogP contribution in [0.25, 0.3) is 0 Å². The second-order valence-electron chi connectivity index (χ2n) is 5.95. The molecule has 2 amide bonds. The van der Waals surface area contributed by atoms with Crippen LogP contribution in [-0.4, -0.2) is 23.4 Å². The number of hydrogen-bond donors (Lipinski definition) is 1. The first-order valence-corrected chi connectivity index (χ1v) is 7.97. The Morgan fingerprint density at radius 2 is 1.62 bits per heavy atom. The summed E-state index contributed by atoms with van der Waals surface area (Å²) in [5, 5.41) is 3.16. The Balaban J connectivity index is 1.48. The van der Waals surface area contributed by atoms with Crippen molar-refractivity contribution in [3.05, 3.63) is 40.9 Å². The third-order valence-corrected chi connectivity index (χ3v) is 5.38. The topological polar surface area (TPSA) is 49.4 Å². The lowest BCUT2D eigenvalue weighted by Crippen LogP contribution is -2.37. The van der Waals surface area contributed by atoms with Crippen LogP contribution >= 0.6 is 15.9 Å². The Morgan fingerprint density at radius 3 is 2.19 bits per heavy atom. The Labute approximate surface area is 131 Å². The first-order chi connectivity index (χ1) is 10.1. The predicted octanol–water partition coefficient (Wildman–Crippen LogP) is 2.63. The minimum absolute atomic E-state index is 0.00791. The number of carbonyl (C=O) groups is 2. The zero-order valence-electron chi connectivity index (χ0n) is 11.3. The molecule has 21 heavy (non-hydrogen) atoms. The van der Waals surface area contributed by atoms with Crippen LogP contribution in [0.4, 0.5) is 5.69 Å². The number of nitrogens with one attached hydrogen (secondary N) is 1. The van der Waals surface area contributed by atoms with Gasteiger partial charge in [-0.2, -0.15) is 0 Å². The molecule has 2 bridgehead atoms. The minimum atomic E-state index is -0.112. The summed E-state index contributed by atoms with van der Waals surface area (Å²) in [5.74, 6) is 0.305. The fourth-order valence-electron chi connectivity index (χ4n) is 3.86. The average molecular weight is 347 g/mol. The molecule has 0 unspecified atom stereocenters. The van der Waals surface area contributed by atoms with E-state index >= 15 is 0 Å². The second-order valence-corrected chi connectivity index (χ2v) is 6.86. The summed E-state index contributed by atoms with van der Waals surface area (Å²) in [6.07, 6.45) is 5.20. The van der Waals surface area contributed by atoms with E-state index in [4.69, 9.17) is 0 Å². The van der Waals surface area contributed by atoms with Crippen molar-refractivity contribution in [2.45, 2.75) is 6.42 Å². The van der Waals surface area contributed by atoms with E-state index < -0.39 is 0 Å². The van der Waals surface area contributed by atoms with Crippen molar-refractivity contribution in [1.82, 2.24) is 4.90 Å². The molecule has 1 saturated carbocycles. The Kier molecular flexibility index (Phi) is 2.92. The van der Waals surface area contributed by atoms with Crippen molar-refractivity contribution in [2.75, 3.05) is 12.0 Å². The summed E-state index contributed by atoms with van der Waals surface area (Å²) in [6.45, 7) is 0.256. The number of carbonyl (C=O) groups excluding carboxylic acids is 2. The molecule has 1 saturated heterocycles. The lowest BCUT2D eigenvalue weighted by molar-refractivity contribution is -0.140. The molecular weight excluding hydrogens is 332 g/mol. The second kappa shape index (κ2) is 4.70. The number of halogens is 1. The van der Waals surface area contributed by atoms with Gasteiger partial charge in [0, 0.05) is 10.2 Å². The molecule has 3 aliphatic rings. The maximum Gasteiger partial charge on any atom is 0.235 e. The fraction of sp³-hybridized carbons (Fsp3) is 0.375. The smallest absolute Gasteiger partial charge is 0.235 e. The fourth-order valence-corrected chi connectivity index (χ4v) is 4.12. The van der Waals surface area contributed by atoms with Gasteiger partial charge in [0.25, 0.3) is 0 Å². The zero-order chi connectivity index (χ0) is 14.6. The van der Waals surface area contributed by atoms with E-state index in [1.54, 1.807) is 0 Å². The molecule has 1 aromatic rings. The van der Waals surface area contributed by atoms with Gasteiger partial charge in [0.2, 0.25) is 11.8 Å². The van der Waals surface area contributed by atoms with E-state index in [-0.39, 0.29) is 42.2 Å². The van der Waals surface area contributed by atoms with Gasteiger partial charge in [-0.1, -0.05) is 28.1 Å². The van der Waals surface area contributed by atoms with Crippen molar-refractivity contribution in [3.63, 3.8) is 0 Å². The van der Waals surface area contributed by atoms with Crippen LogP contribution in [0.2, 0.25) is 0 Å². The highest BCUT2D eigenvalue weighted by Gasteiger charge is 2.59. The van der Waals surface area contributed by atoms with Crippen LogP contribution in [0.1, 0.15) is 6.42 Å². The molecule has 2 aliphatic carbocycles. The number of imide groups is 1. The Bertz CT molecular complexity index is 610. The predicted molar refractivity (Wildman–Crippen MR) is 82.2 cm³/mol. The van der Waals surface area contributed by atoms with Gasteiger partial charge in [0.05, 0.1) is 18.5 Å². The number of amides is 2. The maximum atomic E-state index is 12.5. The lowest BCUT2D eigenvalue weighted by Gasteiger charge is -2.18. The van der Waals surface area contributed by atoms with Gasteiger partial charge >= 0.3 is 0 Å². The molecule has 1 aromatic carbocycles. The number of rotatable bonds is 3. The third kappa shape index (κ3) is 1.94. The molecule has 0 aromatic heterocycles. The molecule has 0 spiro atoms. The highest BCUT2D eigenvalue weighted by molar-refractivity contribution is 9.10. The largest absolute Gasteiger partial charge is 0.367 e. The summed E-state index contributed by atoms with van der Waals surface area (Å²) < 4.78 is 0.999. The van der Waals surface area contributed by atoms with Gasteiger partial charge in [-0.3, -0.25) is 14.5 Å². The van der Waals surface area contributed by atoms with Gasteiger partial charge < -0.3 is 5.32 Å². The van der Waals surface area contributed by atoms with E-state index in [1.165, 1.54) is 4.90 Å². The molecule has 4 nitrogen and oxygen atoms in total. The minimum Gasteiger partial charge on any atom is -0.367 e. The van der Waals surface area contributed by atoms with Crippen LogP contribution in [0.3, 0.4) is 0 Å². The Hall–Kier alpha value is -1.62. The van der Waals surface area contributed by atoms with Crippen molar-refractivity contribution < 1.29 is 9.59 Å². The highest BCUT2D eigenvalue weighted by Crippen LogP contribution is 2.52. The average Bonchev–Trinajstić information content (AvgIpc) is 3.14. The van der Waals surface area contributed by atoms with E-state index in [2.05, 4.69) is 33.4 Å². The molecule has 1 N–H and O–H groups in total. The van der Waals surface area contributed by atoms with Crippen LogP contribution in [0.5, 0.6) is 0 Å². The van der Waals surface area contributed by atoms with Gasteiger partial charge in [-0.05, 0) is 42.5 Å². The van der Waals surface area contributed by atoms with E-state index in [9.17, 15) is 9.59 Å². The summed E-state index contributed by atoms with van der Waals surface area (Å²) in [5.41, 5.74) is 0.900. The van der Waals surface area contributed by atoms with Crippen LogP contribution in [-0.2, 0) is 9.59 Å². The normalized spacial score (nSPS) is 32.9. The summed E-state index contributed by atoms with van der Waals surface area (Å²) >= 11 is 3.38. The summed E-state index contributed by atoms with van der Waals surface area (Å²) in [7, 11) is 0. The number of likely N-dealkylation sites (tertiary alicyclic amines) is 1. The molecule has 108 valence electrons. The molecule has 0 radical (unpaired) electrons. The number of benzene rings is 1. The number of fused-ring (bicyclic) bond motifs is 5. The van der Waals surface area contributed by atoms with Gasteiger partial charge in [0.15, 0.2) is 0 Å². The van der Waals surface area contributed by atoms with Gasteiger partial charge in [-0.15, -0.1) is 0 Å². The molecule has 1 aliphatic heterocycles. The van der Waals surface area contributed by atoms with E-state index in [0.29, 0.717) is 0 Å². The summed E-state index contributed by atoms with van der Waals surface area (Å²) in [4.78, 5) is 26.4. The summed E-state index contributed by atoms with van der Waals surface area (Å²) in [6, 6.07) is 7.69. The zero-order valence-corrected chi connectivity index (χ0v) is 12.9. The standard InChI is InChI=1S/C16H15BrN2O2/c17-11-3-5-12(6-4-11)18-8-19-15(20)13-9-1-2-10(7-9)14(13)16(19)21/h1-6,9-10,13-14,18H,7-8H2/t9-,10-,13+,14+/m0/s1. The van der Waals surface area contributed by atoms with Crippen LogP contribution in [0.15, 0.2) is 40.9 Å². The highest BCUT2D eigenvalue weighted by atomic mass is 79.9. The maximum absolute atomic E-state index is 12.5. The SMILES string of the molecule is O=C1[C@H]2[C@H](C(=O)N1CNc1ccc(Br)cc1)[C@H]1C=C[C@H]2C1. The van der Waals surface area contributed by atoms with Crippen molar-refractivity contribution >= 4 is 33.4 Å². The first kappa shape index (κ1) is 13.1. The van der Waals surface area contributed by atoms with E-state index in [0.717, 1.165) is 16.6 Å². The molecule has 4 atom stereocenters. The Morgan fingerprint density at radius 1 is 1.05 bits per heavy atom. The molecule has 5 heteroatoms. The number of allylic oxidation sites excluding steroid dienone is 2. The van der Waals surface area contributed by atoms with Gasteiger partial charge in [-0.25, -0.2) is 0 Å². The van der Waals surface area contributed by atoms with Crippen molar-refractivity contribution in [1.29, 1.82) is 0 Å². The number of anilines is 1. The molecule has 1 heterocycles. The number of nitrogens with zero attached hydrogens (tertiary/aromatic N) is 1. The van der Waals surface area contributed by atoms with Gasteiger partial charge in [0.1, 0.15) is 0 Å². The van der Waals surface area contributed by atoms with Crippen LogP contribution in [0, 0.1) is 23.7 Å². The molecular formula is C16H15BrN2O2. The first-order valence-electron chi connectivity index (χ1n) is 7.18. The van der Waals surface area contributed by atoms with E-state index in [1.807, 2.05) is 24.3 Å². The lowest BCUT2D eigenvalue weighted by atomic mass is 9.85. The van der Waals surface area contributed by atoms with Crippen molar-refractivity contribution in [2.24, 2.45) is 23.7 Å². The number of hydrogen-bond acceptors (Lipinski definition) is 3. The monoisotopic (exact) mass is 346 g/mol. The van der Waals surface area contributed by atoms with Crippen LogP contribution < -0.4 is 5.32 Å². The molecule has 4 rings (SSSR count). The third-order valence-electron chi connectivity index (χ3n) is 4.85. The quantitative estimate of drug-likeness (QED) is 0.676. The molecule has 2 fully saturated rings. The van der Waals surface area contributed by atoms with Crippen molar-refractivity contribution in [3.8, 4) is 0 Å².